The highest BCUT2D eigenvalue weighted by molar-refractivity contribution is 7.92. The van der Waals surface area contributed by atoms with E-state index in [4.69, 9.17) is 21.1 Å². The summed E-state index contributed by atoms with van der Waals surface area (Å²) in [6.45, 7) is 1.50. The smallest absolute Gasteiger partial charge is 0.245 e. The SMILES string of the molecule is Cc1cc(Cl)ccc1NC(=O)CN(c1ccc2c(c1)OCO2)S(C)(=O)=O. The molecule has 3 rings (SSSR count). The van der Waals surface area contributed by atoms with E-state index in [2.05, 4.69) is 5.32 Å². The molecule has 1 amide bonds. The third-order valence-corrected chi connectivity index (χ3v) is 5.17. The lowest BCUT2D eigenvalue weighted by molar-refractivity contribution is -0.114. The van der Waals surface area contributed by atoms with E-state index in [-0.39, 0.29) is 13.3 Å². The third-order valence-electron chi connectivity index (χ3n) is 3.79. The number of fused-ring (bicyclic) bond motifs is 1. The molecule has 9 heteroatoms. The average Bonchev–Trinajstić information content (AvgIpc) is 3.02. The highest BCUT2D eigenvalue weighted by Gasteiger charge is 2.24. The second kappa shape index (κ2) is 7.05. The number of carbonyl (C=O) groups excluding carboxylic acids is 1. The van der Waals surface area contributed by atoms with Gasteiger partial charge in [-0.05, 0) is 42.8 Å². The number of hydrogen-bond acceptors (Lipinski definition) is 5. The van der Waals surface area contributed by atoms with Gasteiger partial charge in [0.25, 0.3) is 0 Å². The summed E-state index contributed by atoms with van der Waals surface area (Å²) in [5.41, 5.74) is 1.66. The molecule has 7 nitrogen and oxygen atoms in total. The zero-order valence-corrected chi connectivity index (χ0v) is 15.7. The van der Waals surface area contributed by atoms with Crippen molar-refractivity contribution in [2.24, 2.45) is 0 Å². The summed E-state index contributed by atoms with van der Waals surface area (Å²) >= 11 is 5.90. The monoisotopic (exact) mass is 396 g/mol. The van der Waals surface area contributed by atoms with Crippen LogP contribution in [0, 0.1) is 6.92 Å². The molecule has 0 saturated carbocycles. The standard InChI is InChI=1S/C17H17ClN2O5S/c1-11-7-12(18)3-5-14(11)19-17(21)9-20(26(2,22)23)13-4-6-15-16(8-13)25-10-24-15/h3-8H,9-10H2,1-2H3,(H,19,21). The highest BCUT2D eigenvalue weighted by atomic mass is 35.5. The number of aryl methyl sites for hydroxylation is 1. The lowest BCUT2D eigenvalue weighted by Crippen LogP contribution is -2.37. The van der Waals surface area contributed by atoms with Crippen molar-refractivity contribution in [3.8, 4) is 11.5 Å². The van der Waals surface area contributed by atoms with Gasteiger partial charge in [-0.25, -0.2) is 8.42 Å². The zero-order chi connectivity index (χ0) is 18.9. The molecule has 1 aliphatic rings. The Morgan fingerprint density at radius 3 is 2.62 bits per heavy atom. The second-order valence-electron chi connectivity index (χ2n) is 5.81. The van der Waals surface area contributed by atoms with E-state index in [1.807, 2.05) is 0 Å². The number of sulfonamides is 1. The van der Waals surface area contributed by atoms with E-state index >= 15 is 0 Å². The van der Waals surface area contributed by atoms with E-state index < -0.39 is 15.9 Å². The van der Waals surface area contributed by atoms with E-state index in [9.17, 15) is 13.2 Å². The molecule has 0 aliphatic carbocycles. The predicted octanol–water partition coefficient (Wildman–Crippen LogP) is 2.78. The lowest BCUT2D eigenvalue weighted by atomic mass is 10.2. The maximum Gasteiger partial charge on any atom is 0.245 e. The number of ether oxygens (including phenoxy) is 2. The molecule has 0 radical (unpaired) electrons. The van der Waals surface area contributed by atoms with Crippen LogP contribution in [0.3, 0.4) is 0 Å². The summed E-state index contributed by atoms with van der Waals surface area (Å²) < 4.78 is 35.9. The van der Waals surface area contributed by atoms with Crippen LogP contribution in [0.1, 0.15) is 5.56 Å². The van der Waals surface area contributed by atoms with Crippen LogP contribution in [0.2, 0.25) is 5.02 Å². The van der Waals surface area contributed by atoms with Crippen LogP contribution < -0.4 is 19.1 Å². The molecule has 1 aliphatic heterocycles. The van der Waals surface area contributed by atoms with Gasteiger partial charge < -0.3 is 14.8 Å². The van der Waals surface area contributed by atoms with Crippen molar-refractivity contribution in [2.45, 2.75) is 6.92 Å². The van der Waals surface area contributed by atoms with Crippen molar-refractivity contribution in [1.29, 1.82) is 0 Å². The maximum atomic E-state index is 12.4. The summed E-state index contributed by atoms with van der Waals surface area (Å²) in [4.78, 5) is 12.4. The number of nitrogens with one attached hydrogen (secondary N) is 1. The summed E-state index contributed by atoms with van der Waals surface area (Å²) in [6, 6.07) is 9.73. The fourth-order valence-electron chi connectivity index (χ4n) is 2.53. The Labute approximate surface area is 156 Å². The van der Waals surface area contributed by atoms with Gasteiger partial charge in [-0.2, -0.15) is 0 Å². The maximum absolute atomic E-state index is 12.4. The molecule has 1 heterocycles. The topological polar surface area (TPSA) is 84.9 Å². The van der Waals surface area contributed by atoms with E-state index in [1.54, 1.807) is 37.3 Å². The largest absolute Gasteiger partial charge is 0.454 e. The molecule has 0 saturated heterocycles. The van der Waals surface area contributed by atoms with Crippen molar-refractivity contribution in [3.63, 3.8) is 0 Å². The first-order valence-electron chi connectivity index (χ1n) is 7.67. The molecule has 0 spiro atoms. The van der Waals surface area contributed by atoms with Crippen molar-refractivity contribution >= 4 is 38.9 Å². The normalized spacial score (nSPS) is 12.7. The summed E-state index contributed by atoms with van der Waals surface area (Å²) in [6.07, 6.45) is 1.04. The van der Waals surface area contributed by atoms with Crippen molar-refractivity contribution in [2.75, 3.05) is 29.2 Å². The highest BCUT2D eigenvalue weighted by Crippen LogP contribution is 2.36. The number of hydrogen-bond donors (Lipinski definition) is 1. The van der Waals surface area contributed by atoms with Crippen molar-refractivity contribution < 1.29 is 22.7 Å². The van der Waals surface area contributed by atoms with Gasteiger partial charge in [0.2, 0.25) is 22.7 Å². The number of rotatable bonds is 5. The van der Waals surface area contributed by atoms with Crippen LogP contribution in [-0.2, 0) is 14.8 Å². The van der Waals surface area contributed by atoms with Crippen LogP contribution in [0.4, 0.5) is 11.4 Å². The Morgan fingerprint density at radius 1 is 1.19 bits per heavy atom. The molecule has 0 unspecified atom stereocenters. The molecule has 2 aromatic carbocycles. The van der Waals surface area contributed by atoms with Gasteiger partial charge in [0.1, 0.15) is 6.54 Å². The molecule has 26 heavy (non-hydrogen) atoms. The number of amides is 1. The van der Waals surface area contributed by atoms with Gasteiger partial charge in [-0.1, -0.05) is 11.6 Å². The first kappa shape index (κ1) is 18.3. The summed E-state index contributed by atoms with van der Waals surface area (Å²) in [7, 11) is -3.68. The van der Waals surface area contributed by atoms with Gasteiger partial charge in [0, 0.05) is 16.8 Å². The zero-order valence-electron chi connectivity index (χ0n) is 14.2. The lowest BCUT2D eigenvalue weighted by Gasteiger charge is -2.22. The Kier molecular flexibility index (Phi) is 4.97. The van der Waals surface area contributed by atoms with E-state index in [0.717, 1.165) is 16.1 Å². The quantitative estimate of drug-likeness (QED) is 0.840. The minimum absolute atomic E-state index is 0.0774. The Hall–Kier alpha value is -2.45. The van der Waals surface area contributed by atoms with E-state index in [1.165, 1.54) is 6.07 Å². The van der Waals surface area contributed by atoms with Gasteiger partial charge >= 0.3 is 0 Å². The average molecular weight is 397 g/mol. The van der Waals surface area contributed by atoms with Crippen LogP contribution in [-0.4, -0.2) is 33.9 Å². The first-order chi connectivity index (χ1) is 12.2. The van der Waals surface area contributed by atoms with Gasteiger partial charge in [-0.3, -0.25) is 9.10 Å². The van der Waals surface area contributed by atoms with E-state index in [0.29, 0.717) is 27.9 Å². The third kappa shape index (κ3) is 4.03. The Bertz CT molecular complexity index is 962. The molecular weight excluding hydrogens is 380 g/mol. The van der Waals surface area contributed by atoms with Gasteiger partial charge in [0.15, 0.2) is 11.5 Å². The first-order valence-corrected chi connectivity index (χ1v) is 9.90. The van der Waals surface area contributed by atoms with Gasteiger partial charge in [0.05, 0.1) is 11.9 Å². The molecular formula is C17H17ClN2O5S. The molecule has 138 valence electrons. The van der Waals surface area contributed by atoms with Crippen LogP contribution in [0.15, 0.2) is 36.4 Å². The molecule has 0 fully saturated rings. The molecule has 0 atom stereocenters. The summed E-state index contributed by atoms with van der Waals surface area (Å²) in [5.74, 6) is 0.493. The Morgan fingerprint density at radius 2 is 1.92 bits per heavy atom. The fraction of sp³-hybridized carbons (Fsp3) is 0.235. The summed E-state index contributed by atoms with van der Waals surface area (Å²) in [5, 5.41) is 3.26. The van der Waals surface area contributed by atoms with Crippen LogP contribution >= 0.6 is 11.6 Å². The number of nitrogens with zero attached hydrogens (tertiary/aromatic N) is 1. The van der Waals surface area contributed by atoms with Crippen molar-refractivity contribution in [3.05, 3.63) is 47.0 Å². The number of anilines is 2. The molecule has 0 bridgehead atoms. The molecule has 0 aromatic heterocycles. The fourth-order valence-corrected chi connectivity index (χ4v) is 3.60. The number of halogens is 1. The predicted molar refractivity (Wildman–Crippen MR) is 99.6 cm³/mol. The number of benzene rings is 2. The van der Waals surface area contributed by atoms with Crippen LogP contribution in [0.5, 0.6) is 11.5 Å². The molecule has 1 N–H and O–H groups in total. The second-order valence-corrected chi connectivity index (χ2v) is 8.16. The van der Waals surface area contributed by atoms with Crippen LogP contribution in [0.25, 0.3) is 0 Å². The van der Waals surface area contributed by atoms with Crippen molar-refractivity contribution in [1.82, 2.24) is 0 Å². The number of carbonyl (C=O) groups is 1. The Balaban J connectivity index is 1.82. The molecule has 2 aromatic rings. The van der Waals surface area contributed by atoms with Gasteiger partial charge in [-0.15, -0.1) is 0 Å². The minimum atomic E-state index is -3.68. The minimum Gasteiger partial charge on any atom is -0.454 e.